The van der Waals surface area contributed by atoms with Crippen molar-refractivity contribution in [3.8, 4) is 6.07 Å². The molecule has 0 N–H and O–H groups in total. The third-order valence-electron chi connectivity index (χ3n) is 3.40. The molecule has 0 bridgehead atoms. The molecule has 1 fully saturated rings. The van der Waals surface area contributed by atoms with Crippen LogP contribution in [0.4, 0.5) is 0 Å². The number of fused-ring (bicyclic) bond motifs is 1. The van der Waals surface area contributed by atoms with E-state index in [1.54, 1.807) is 6.20 Å². The van der Waals surface area contributed by atoms with Crippen LogP contribution in [0.1, 0.15) is 30.5 Å². The number of nitrogens with zero attached hydrogens (tertiary/aromatic N) is 4. The number of hydrogen-bond acceptors (Lipinski definition) is 3. The molecule has 0 spiro atoms. The maximum atomic E-state index is 9.26. The molecule has 0 aliphatic heterocycles. The first-order valence-electron chi connectivity index (χ1n) is 5.47. The van der Waals surface area contributed by atoms with Crippen molar-refractivity contribution in [2.45, 2.75) is 31.6 Å². The third kappa shape index (κ3) is 1.15. The highest BCUT2D eigenvalue weighted by molar-refractivity contribution is 5.38. The van der Waals surface area contributed by atoms with E-state index in [0.717, 1.165) is 30.5 Å². The van der Waals surface area contributed by atoms with Crippen molar-refractivity contribution >= 4 is 5.78 Å². The Bertz CT molecular complexity index is 587. The fourth-order valence-corrected chi connectivity index (χ4v) is 2.25. The average Bonchev–Trinajstić information content (AvgIpc) is 2.56. The van der Waals surface area contributed by atoms with E-state index in [1.807, 2.05) is 23.7 Å². The van der Waals surface area contributed by atoms with Gasteiger partial charge in [0.1, 0.15) is 0 Å². The van der Waals surface area contributed by atoms with Gasteiger partial charge in [-0.15, -0.1) is 0 Å². The summed E-state index contributed by atoms with van der Waals surface area (Å²) < 4.78 is 1.90. The Hall–Kier alpha value is -1.89. The monoisotopic (exact) mass is 212 g/mol. The Morgan fingerprint density at radius 1 is 1.44 bits per heavy atom. The standard InChI is InChI=1S/C12H12N4/c1-9-6-16-7-10(5-14-11(16)15-9)12(8-13)3-2-4-12/h5-7H,2-4H2,1H3. The van der Waals surface area contributed by atoms with Gasteiger partial charge in [-0.3, -0.25) is 4.40 Å². The van der Waals surface area contributed by atoms with Crippen LogP contribution < -0.4 is 0 Å². The van der Waals surface area contributed by atoms with Crippen LogP contribution in [0.15, 0.2) is 18.6 Å². The minimum absolute atomic E-state index is 0.292. The van der Waals surface area contributed by atoms with Crippen LogP contribution in [0.25, 0.3) is 5.78 Å². The average molecular weight is 212 g/mol. The topological polar surface area (TPSA) is 54.0 Å². The molecular weight excluding hydrogens is 200 g/mol. The summed E-state index contributed by atoms with van der Waals surface area (Å²) in [5.41, 5.74) is 1.68. The molecule has 0 saturated heterocycles. The van der Waals surface area contributed by atoms with E-state index >= 15 is 0 Å². The minimum Gasteiger partial charge on any atom is -0.291 e. The second kappa shape index (κ2) is 3.05. The van der Waals surface area contributed by atoms with Crippen molar-refractivity contribution in [2.24, 2.45) is 0 Å². The van der Waals surface area contributed by atoms with E-state index in [2.05, 4.69) is 16.0 Å². The molecule has 3 rings (SSSR count). The van der Waals surface area contributed by atoms with Crippen molar-refractivity contribution < 1.29 is 0 Å². The summed E-state index contributed by atoms with van der Waals surface area (Å²) in [4.78, 5) is 8.57. The van der Waals surface area contributed by atoms with E-state index in [0.29, 0.717) is 5.78 Å². The zero-order valence-corrected chi connectivity index (χ0v) is 9.14. The number of imidazole rings is 1. The van der Waals surface area contributed by atoms with Crippen LogP contribution in [0.5, 0.6) is 0 Å². The van der Waals surface area contributed by atoms with Gasteiger partial charge in [-0.05, 0) is 26.2 Å². The summed E-state index contributed by atoms with van der Waals surface area (Å²) in [6.45, 7) is 1.94. The summed E-state index contributed by atoms with van der Waals surface area (Å²) in [5, 5.41) is 9.26. The largest absolute Gasteiger partial charge is 0.291 e. The summed E-state index contributed by atoms with van der Waals surface area (Å²) in [6.07, 6.45) is 8.76. The van der Waals surface area contributed by atoms with Gasteiger partial charge in [0.15, 0.2) is 0 Å². The predicted molar refractivity (Wildman–Crippen MR) is 58.9 cm³/mol. The van der Waals surface area contributed by atoms with Gasteiger partial charge in [0.25, 0.3) is 0 Å². The fraction of sp³-hybridized carbons (Fsp3) is 0.417. The zero-order chi connectivity index (χ0) is 11.2. The Kier molecular flexibility index (Phi) is 1.78. The lowest BCUT2D eigenvalue weighted by atomic mass is 9.66. The predicted octanol–water partition coefficient (Wildman–Crippen LogP) is 1.98. The van der Waals surface area contributed by atoms with Gasteiger partial charge in [0, 0.05) is 24.2 Å². The molecule has 0 aromatic carbocycles. The smallest absolute Gasteiger partial charge is 0.233 e. The van der Waals surface area contributed by atoms with Crippen LogP contribution in [-0.4, -0.2) is 14.4 Å². The maximum absolute atomic E-state index is 9.26. The minimum atomic E-state index is -0.292. The van der Waals surface area contributed by atoms with E-state index in [4.69, 9.17) is 0 Å². The summed E-state index contributed by atoms with van der Waals surface area (Å²) in [7, 11) is 0. The Morgan fingerprint density at radius 2 is 2.25 bits per heavy atom. The molecule has 2 heterocycles. The van der Waals surface area contributed by atoms with Crippen LogP contribution in [-0.2, 0) is 5.41 Å². The summed E-state index contributed by atoms with van der Waals surface area (Å²) in [5.74, 6) is 0.702. The van der Waals surface area contributed by atoms with Gasteiger partial charge in [0.2, 0.25) is 5.78 Å². The highest BCUT2D eigenvalue weighted by Gasteiger charge is 2.39. The fourth-order valence-electron chi connectivity index (χ4n) is 2.25. The van der Waals surface area contributed by atoms with Gasteiger partial charge < -0.3 is 0 Å². The summed E-state index contributed by atoms with van der Waals surface area (Å²) in [6, 6.07) is 2.43. The zero-order valence-electron chi connectivity index (χ0n) is 9.14. The molecule has 2 aromatic rings. The lowest BCUT2D eigenvalue weighted by molar-refractivity contribution is 0.322. The lowest BCUT2D eigenvalue weighted by Crippen LogP contribution is -2.32. The first kappa shape index (κ1) is 9.34. The van der Waals surface area contributed by atoms with Gasteiger partial charge in [0.05, 0.1) is 17.2 Å². The van der Waals surface area contributed by atoms with E-state index in [-0.39, 0.29) is 5.41 Å². The first-order valence-corrected chi connectivity index (χ1v) is 5.47. The molecule has 0 unspecified atom stereocenters. The second-order valence-corrected chi connectivity index (χ2v) is 4.48. The van der Waals surface area contributed by atoms with Crippen molar-refractivity contribution in [2.75, 3.05) is 0 Å². The number of aryl methyl sites for hydroxylation is 1. The molecule has 0 amide bonds. The van der Waals surface area contributed by atoms with E-state index in [1.165, 1.54) is 0 Å². The molecule has 1 aliphatic rings. The van der Waals surface area contributed by atoms with Crippen molar-refractivity contribution in [3.05, 3.63) is 29.8 Å². The normalized spacial score (nSPS) is 18.0. The van der Waals surface area contributed by atoms with Crippen molar-refractivity contribution in [1.82, 2.24) is 14.4 Å². The van der Waals surface area contributed by atoms with E-state index < -0.39 is 0 Å². The molecule has 80 valence electrons. The second-order valence-electron chi connectivity index (χ2n) is 4.48. The van der Waals surface area contributed by atoms with Gasteiger partial charge in [-0.25, -0.2) is 9.97 Å². The van der Waals surface area contributed by atoms with Gasteiger partial charge in [-0.1, -0.05) is 0 Å². The maximum Gasteiger partial charge on any atom is 0.233 e. The van der Waals surface area contributed by atoms with Crippen molar-refractivity contribution in [3.63, 3.8) is 0 Å². The van der Waals surface area contributed by atoms with Gasteiger partial charge in [-0.2, -0.15) is 5.26 Å². The molecule has 0 radical (unpaired) electrons. The van der Waals surface area contributed by atoms with Crippen LogP contribution >= 0.6 is 0 Å². The Labute approximate surface area is 93.6 Å². The van der Waals surface area contributed by atoms with Crippen LogP contribution in [0.3, 0.4) is 0 Å². The molecule has 4 heteroatoms. The summed E-state index contributed by atoms with van der Waals surface area (Å²) >= 11 is 0. The Balaban J connectivity index is 2.15. The molecule has 1 saturated carbocycles. The number of rotatable bonds is 1. The lowest BCUT2D eigenvalue weighted by Gasteiger charge is -2.35. The number of aromatic nitrogens is 3. The molecule has 2 aromatic heterocycles. The third-order valence-corrected chi connectivity index (χ3v) is 3.40. The highest BCUT2D eigenvalue weighted by Crippen LogP contribution is 2.42. The number of hydrogen-bond donors (Lipinski definition) is 0. The SMILES string of the molecule is Cc1cn2cc(C3(C#N)CCC3)cnc2n1. The quantitative estimate of drug-likeness (QED) is 0.726. The van der Waals surface area contributed by atoms with Crippen molar-refractivity contribution in [1.29, 1.82) is 5.26 Å². The van der Waals surface area contributed by atoms with Gasteiger partial charge >= 0.3 is 0 Å². The van der Waals surface area contributed by atoms with Crippen LogP contribution in [0.2, 0.25) is 0 Å². The van der Waals surface area contributed by atoms with Crippen LogP contribution in [0, 0.1) is 18.3 Å². The molecule has 4 nitrogen and oxygen atoms in total. The first-order chi connectivity index (χ1) is 7.73. The van der Waals surface area contributed by atoms with E-state index in [9.17, 15) is 5.26 Å². The molecule has 16 heavy (non-hydrogen) atoms. The number of nitriles is 1. The Morgan fingerprint density at radius 3 is 2.88 bits per heavy atom. The highest BCUT2D eigenvalue weighted by atomic mass is 15.1. The molecular formula is C12H12N4. The molecule has 1 aliphatic carbocycles. The molecule has 0 atom stereocenters.